The molecule has 1 aliphatic heterocycles. The summed E-state index contributed by atoms with van der Waals surface area (Å²) >= 11 is 1.88. The molecule has 0 fully saturated rings. The predicted molar refractivity (Wildman–Crippen MR) is 103 cm³/mol. The molecule has 5 nitrogen and oxygen atoms in total. The number of hydrogen-bond acceptors (Lipinski definition) is 5. The van der Waals surface area contributed by atoms with Crippen LogP contribution in [-0.2, 0) is 31.0 Å². The zero-order chi connectivity index (χ0) is 17.8. The van der Waals surface area contributed by atoms with Crippen molar-refractivity contribution in [3.8, 4) is 0 Å². The van der Waals surface area contributed by atoms with Crippen molar-refractivity contribution >= 4 is 11.3 Å². The minimum absolute atomic E-state index is 0.440. The Labute approximate surface area is 158 Å². The maximum absolute atomic E-state index is 5.99. The monoisotopic (exact) mass is 368 g/mol. The fourth-order valence-electron chi connectivity index (χ4n) is 3.45. The molecular formula is C20H24N4OS. The van der Waals surface area contributed by atoms with Crippen LogP contribution in [0.3, 0.4) is 0 Å². The zero-order valence-corrected chi connectivity index (χ0v) is 15.9. The van der Waals surface area contributed by atoms with Gasteiger partial charge in [-0.15, -0.1) is 11.3 Å². The van der Waals surface area contributed by atoms with E-state index in [-0.39, 0.29) is 0 Å². The molecule has 26 heavy (non-hydrogen) atoms. The highest BCUT2D eigenvalue weighted by Crippen LogP contribution is 2.22. The van der Waals surface area contributed by atoms with Gasteiger partial charge < -0.3 is 9.30 Å². The Hall–Kier alpha value is -2.02. The minimum atomic E-state index is 0.440. The van der Waals surface area contributed by atoms with E-state index in [4.69, 9.17) is 4.74 Å². The quantitative estimate of drug-likeness (QED) is 0.668. The average Bonchev–Trinajstić information content (AvgIpc) is 3.21. The van der Waals surface area contributed by atoms with Gasteiger partial charge in [-0.2, -0.15) is 0 Å². The highest BCUT2D eigenvalue weighted by molar-refractivity contribution is 7.11. The van der Waals surface area contributed by atoms with E-state index < -0.39 is 0 Å². The first kappa shape index (κ1) is 17.4. The molecule has 4 heterocycles. The second-order valence-corrected chi connectivity index (χ2v) is 8.25. The SMILES string of the molecule is Cc1ccc(CN2Cc3nccn3C[C@H](COCc3ccccn3)C2)s1. The van der Waals surface area contributed by atoms with E-state index in [1.165, 1.54) is 9.75 Å². The molecule has 0 aliphatic carbocycles. The van der Waals surface area contributed by atoms with Gasteiger partial charge in [-0.1, -0.05) is 6.07 Å². The lowest BCUT2D eigenvalue weighted by molar-refractivity contribution is 0.0650. The number of pyridine rings is 1. The summed E-state index contributed by atoms with van der Waals surface area (Å²) in [7, 11) is 0. The van der Waals surface area contributed by atoms with Crippen molar-refractivity contribution in [3.63, 3.8) is 0 Å². The number of thiophene rings is 1. The number of imidazole rings is 1. The first-order valence-electron chi connectivity index (χ1n) is 9.01. The van der Waals surface area contributed by atoms with E-state index >= 15 is 0 Å². The van der Waals surface area contributed by atoms with Crippen LogP contribution < -0.4 is 0 Å². The number of aryl methyl sites for hydroxylation is 1. The van der Waals surface area contributed by atoms with E-state index in [2.05, 4.69) is 44.7 Å². The van der Waals surface area contributed by atoms with Crippen LogP contribution in [0, 0.1) is 12.8 Å². The molecule has 3 aromatic rings. The Morgan fingerprint density at radius 3 is 2.92 bits per heavy atom. The maximum atomic E-state index is 5.99. The molecule has 0 radical (unpaired) electrons. The van der Waals surface area contributed by atoms with E-state index in [1.54, 1.807) is 0 Å². The van der Waals surface area contributed by atoms with Crippen LogP contribution in [0.4, 0.5) is 0 Å². The van der Waals surface area contributed by atoms with Gasteiger partial charge in [-0.3, -0.25) is 9.88 Å². The van der Waals surface area contributed by atoms with Gasteiger partial charge in [-0.25, -0.2) is 4.98 Å². The highest BCUT2D eigenvalue weighted by atomic mass is 32.1. The van der Waals surface area contributed by atoms with Crippen molar-refractivity contribution in [1.29, 1.82) is 0 Å². The summed E-state index contributed by atoms with van der Waals surface area (Å²) < 4.78 is 8.26. The smallest absolute Gasteiger partial charge is 0.122 e. The molecule has 6 heteroatoms. The molecular weight excluding hydrogens is 344 g/mol. The Bertz CT molecular complexity index is 829. The normalized spacial score (nSPS) is 17.8. The van der Waals surface area contributed by atoms with Crippen LogP contribution in [-0.4, -0.2) is 32.6 Å². The van der Waals surface area contributed by atoms with Crippen molar-refractivity contribution in [2.24, 2.45) is 5.92 Å². The van der Waals surface area contributed by atoms with Crippen molar-refractivity contribution in [2.45, 2.75) is 33.2 Å². The lowest BCUT2D eigenvalue weighted by Crippen LogP contribution is -2.29. The number of fused-ring (bicyclic) bond motifs is 1. The van der Waals surface area contributed by atoms with Crippen molar-refractivity contribution in [3.05, 3.63) is 70.2 Å². The topological polar surface area (TPSA) is 43.2 Å². The van der Waals surface area contributed by atoms with Gasteiger partial charge in [0.1, 0.15) is 5.82 Å². The number of ether oxygens (including phenoxy) is 1. The van der Waals surface area contributed by atoms with E-state index in [0.29, 0.717) is 12.5 Å². The lowest BCUT2D eigenvalue weighted by atomic mass is 10.1. The molecule has 0 N–H and O–H groups in total. The number of hydrogen-bond donors (Lipinski definition) is 0. The standard InChI is InChI=1S/C20H24N4OS/c1-16-5-6-19(26-16)12-23-10-17(11-24-9-8-22-20(24)13-23)14-25-15-18-4-2-3-7-21-18/h2-9,17H,10-15H2,1H3/t17-/m1/s1. The van der Waals surface area contributed by atoms with Crippen LogP contribution in [0.25, 0.3) is 0 Å². The van der Waals surface area contributed by atoms with Gasteiger partial charge >= 0.3 is 0 Å². The fourth-order valence-corrected chi connectivity index (χ4v) is 4.39. The van der Waals surface area contributed by atoms with Crippen LogP contribution >= 0.6 is 11.3 Å². The molecule has 136 valence electrons. The fraction of sp³-hybridized carbons (Fsp3) is 0.400. The lowest BCUT2D eigenvalue weighted by Gasteiger charge is -2.23. The minimum Gasteiger partial charge on any atom is -0.375 e. The Balaban J connectivity index is 1.40. The van der Waals surface area contributed by atoms with Gasteiger partial charge in [0.15, 0.2) is 0 Å². The molecule has 3 aromatic heterocycles. The first-order valence-corrected chi connectivity index (χ1v) is 9.83. The molecule has 0 amide bonds. The third-order valence-electron chi connectivity index (χ3n) is 4.64. The van der Waals surface area contributed by atoms with Crippen molar-refractivity contribution < 1.29 is 4.74 Å². The second-order valence-electron chi connectivity index (χ2n) is 6.88. The zero-order valence-electron chi connectivity index (χ0n) is 15.0. The molecule has 0 saturated carbocycles. The largest absolute Gasteiger partial charge is 0.375 e. The van der Waals surface area contributed by atoms with Crippen LogP contribution in [0.5, 0.6) is 0 Å². The average molecular weight is 369 g/mol. The Kier molecular flexibility index (Phi) is 5.43. The van der Waals surface area contributed by atoms with E-state index in [0.717, 1.165) is 44.3 Å². The molecule has 0 spiro atoms. The molecule has 0 bridgehead atoms. The Morgan fingerprint density at radius 1 is 1.15 bits per heavy atom. The summed E-state index contributed by atoms with van der Waals surface area (Å²) in [5, 5.41) is 0. The van der Waals surface area contributed by atoms with Crippen molar-refractivity contribution in [1.82, 2.24) is 19.4 Å². The van der Waals surface area contributed by atoms with Crippen LogP contribution in [0.2, 0.25) is 0 Å². The van der Waals surface area contributed by atoms with Gasteiger partial charge in [0.2, 0.25) is 0 Å². The number of nitrogens with zero attached hydrogens (tertiary/aromatic N) is 4. The van der Waals surface area contributed by atoms with Crippen molar-refractivity contribution in [2.75, 3.05) is 13.2 Å². The number of aromatic nitrogens is 3. The molecule has 1 atom stereocenters. The summed E-state index contributed by atoms with van der Waals surface area (Å²) in [4.78, 5) is 14.2. The van der Waals surface area contributed by atoms with Crippen LogP contribution in [0.15, 0.2) is 48.9 Å². The predicted octanol–water partition coefficient (Wildman–Crippen LogP) is 3.50. The first-order chi connectivity index (χ1) is 12.8. The second kappa shape index (κ2) is 8.12. The van der Waals surface area contributed by atoms with E-state index in [1.807, 2.05) is 41.9 Å². The number of rotatable bonds is 6. The third-order valence-corrected chi connectivity index (χ3v) is 5.63. The van der Waals surface area contributed by atoms with Gasteiger partial charge in [0.25, 0.3) is 0 Å². The summed E-state index contributed by atoms with van der Waals surface area (Å²) in [6.07, 6.45) is 5.80. The molecule has 0 saturated heterocycles. The molecule has 1 aliphatic rings. The molecule has 0 aromatic carbocycles. The summed E-state index contributed by atoms with van der Waals surface area (Å²) in [6.45, 7) is 7.30. The summed E-state index contributed by atoms with van der Waals surface area (Å²) in [6, 6.07) is 10.4. The van der Waals surface area contributed by atoms with E-state index in [9.17, 15) is 0 Å². The molecule has 0 unspecified atom stereocenters. The Morgan fingerprint density at radius 2 is 2.12 bits per heavy atom. The summed E-state index contributed by atoms with van der Waals surface area (Å²) in [5.74, 6) is 1.58. The molecule has 4 rings (SSSR count). The van der Waals surface area contributed by atoms with Gasteiger partial charge in [-0.05, 0) is 31.2 Å². The van der Waals surface area contributed by atoms with Crippen LogP contribution in [0.1, 0.15) is 21.3 Å². The maximum Gasteiger partial charge on any atom is 0.122 e. The van der Waals surface area contributed by atoms with Gasteiger partial charge in [0, 0.05) is 53.9 Å². The van der Waals surface area contributed by atoms with Gasteiger partial charge in [0.05, 0.1) is 25.5 Å². The third kappa shape index (κ3) is 4.38. The summed E-state index contributed by atoms with van der Waals surface area (Å²) in [5.41, 5.74) is 0.982. The highest BCUT2D eigenvalue weighted by Gasteiger charge is 2.23.